The predicted molar refractivity (Wildman–Crippen MR) is 106 cm³/mol. The average molecular weight is 348 g/mol. The van der Waals surface area contributed by atoms with Crippen molar-refractivity contribution in [1.29, 1.82) is 0 Å². The van der Waals surface area contributed by atoms with Gasteiger partial charge in [-0.15, -0.1) is 0 Å². The van der Waals surface area contributed by atoms with E-state index >= 15 is 0 Å². The highest BCUT2D eigenvalue weighted by atomic mass is 16.5. The lowest BCUT2D eigenvalue weighted by atomic mass is 9.85. The first kappa shape index (κ1) is 18.4. The van der Waals surface area contributed by atoms with Crippen molar-refractivity contribution in [3.05, 3.63) is 83.1 Å². The molecule has 1 atom stereocenters. The Morgan fingerprint density at radius 3 is 1.77 bits per heavy atom. The second kappa shape index (κ2) is 6.75. The Hall–Kier alpha value is -2.35. The number of allylic oxidation sites excluding steroid dienone is 2. The molecule has 3 rings (SSSR count). The van der Waals surface area contributed by atoms with Crippen molar-refractivity contribution in [2.45, 2.75) is 46.5 Å². The molecular formula is C24H28O2. The number of hydrogen-bond acceptors (Lipinski definition) is 2. The smallest absolute Gasteiger partial charge is 0.316 e. The number of carbonyl (C=O) groups excluding carboxylic acids is 1. The Balaban J connectivity index is 2.02. The van der Waals surface area contributed by atoms with Crippen LogP contribution >= 0.6 is 0 Å². The minimum absolute atomic E-state index is 0.118. The van der Waals surface area contributed by atoms with Crippen LogP contribution in [-0.4, -0.2) is 5.97 Å². The summed E-state index contributed by atoms with van der Waals surface area (Å²) in [5.41, 5.74) is 3.00. The first-order valence-electron chi connectivity index (χ1n) is 9.27. The molecule has 2 nitrogen and oxygen atoms in total. The van der Waals surface area contributed by atoms with Crippen LogP contribution in [-0.2, 0) is 14.9 Å². The van der Waals surface area contributed by atoms with Gasteiger partial charge >= 0.3 is 5.97 Å². The molecule has 0 aliphatic heterocycles. The molecule has 2 heteroatoms. The van der Waals surface area contributed by atoms with Crippen molar-refractivity contribution in [2.75, 3.05) is 0 Å². The number of benzene rings is 2. The summed E-state index contributed by atoms with van der Waals surface area (Å²) in [6.45, 7) is 9.75. The third-order valence-corrected chi connectivity index (χ3v) is 5.16. The summed E-state index contributed by atoms with van der Waals surface area (Å²) >= 11 is 0. The largest absolute Gasteiger partial charge is 0.430 e. The summed E-state index contributed by atoms with van der Waals surface area (Å²) in [5.74, 6) is 0.844. The molecule has 1 aliphatic rings. The molecule has 1 fully saturated rings. The van der Waals surface area contributed by atoms with Crippen molar-refractivity contribution < 1.29 is 9.53 Å². The standard InChI is InChI=1S/C24H28O2/c1-17(2)21(26-22(25)23(3,4)5)20-16-24(20,18-12-8-6-9-13-18)19-14-10-7-11-15-19/h6-15,20H,16H2,1-5H3/t20-/m1/s1. The van der Waals surface area contributed by atoms with Gasteiger partial charge in [-0.1, -0.05) is 60.7 Å². The molecule has 2 aromatic rings. The molecule has 0 heterocycles. The van der Waals surface area contributed by atoms with Crippen LogP contribution in [0.5, 0.6) is 0 Å². The normalized spacial score (nSPS) is 18.1. The molecule has 0 bridgehead atoms. The van der Waals surface area contributed by atoms with Crippen molar-refractivity contribution in [3.63, 3.8) is 0 Å². The second-order valence-electron chi connectivity index (χ2n) is 8.46. The molecule has 0 saturated heterocycles. The zero-order chi connectivity index (χ0) is 18.9. The summed E-state index contributed by atoms with van der Waals surface area (Å²) in [6.07, 6.45) is 0.957. The second-order valence-corrected chi connectivity index (χ2v) is 8.46. The van der Waals surface area contributed by atoms with Crippen molar-refractivity contribution >= 4 is 5.97 Å². The summed E-state index contributed by atoms with van der Waals surface area (Å²) < 4.78 is 5.94. The van der Waals surface area contributed by atoms with Crippen LogP contribution < -0.4 is 0 Å². The molecule has 1 saturated carbocycles. The summed E-state index contributed by atoms with van der Waals surface area (Å²) in [4.78, 5) is 12.5. The van der Waals surface area contributed by atoms with E-state index in [0.717, 1.165) is 17.8 Å². The highest BCUT2D eigenvalue weighted by molar-refractivity contribution is 5.76. The van der Waals surface area contributed by atoms with Crippen LogP contribution in [0.4, 0.5) is 0 Å². The first-order chi connectivity index (χ1) is 12.3. The van der Waals surface area contributed by atoms with Gasteiger partial charge < -0.3 is 4.74 Å². The van der Waals surface area contributed by atoms with Crippen LogP contribution in [0.25, 0.3) is 0 Å². The number of esters is 1. The minimum atomic E-state index is -0.516. The topological polar surface area (TPSA) is 26.3 Å². The van der Waals surface area contributed by atoms with Crippen LogP contribution in [0, 0.1) is 11.3 Å². The van der Waals surface area contributed by atoms with E-state index in [1.165, 1.54) is 11.1 Å². The Labute approximate surface area is 156 Å². The van der Waals surface area contributed by atoms with E-state index < -0.39 is 5.41 Å². The Bertz CT molecular complexity index is 767. The van der Waals surface area contributed by atoms with Gasteiger partial charge in [0.1, 0.15) is 5.76 Å². The van der Waals surface area contributed by atoms with Gasteiger partial charge in [0, 0.05) is 11.3 Å². The molecule has 26 heavy (non-hydrogen) atoms. The van der Waals surface area contributed by atoms with Gasteiger partial charge in [0.15, 0.2) is 0 Å². The van der Waals surface area contributed by atoms with Crippen LogP contribution in [0.1, 0.15) is 52.2 Å². The summed E-state index contributed by atoms with van der Waals surface area (Å²) in [5, 5.41) is 0. The molecule has 136 valence electrons. The van der Waals surface area contributed by atoms with E-state index in [4.69, 9.17) is 4.74 Å². The lowest BCUT2D eigenvalue weighted by Gasteiger charge is -2.23. The highest BCUT2D eigenvalue weighted by Gasteiger charge is 2.59. The fourth-order valence-corrected chi connectivity index (χ4v) is 3.63. The summed E-state index contributed by atoms with van der Waals surface area (Å²) in [7, 11) is 0. The molecular weight excluding hydrogens is 320 g/mol. The quantitative estimate of drug-likeness (QED) is 0.510. The van der Waals surface area contributed by atoms with Gasteiger partial charge in [-0.3, -0.25) is 4.79 Å². The SMILES string of the molecule is CC(C)=C(OC(=O)C(C)(C)C)[C@H]1CC1(c1ccccc1)c1ccccc1. The number of rotatable bonds is 4. The molecule has 0 spiro atoms. The fourth-order valence-electron chi connectivity index (χ4n) is 3.63. The Morgan fingerprint density at radius 2 is 1.38 bits per heavy atom. The number of ether oxygens (including phenoxy) is 1. The van der Waals surface area contributed by atoms with Crippen molar-refractivity contribution in [3.8, 4) is 0 Å². The van der Waals surface area contributed by atoms with E-state index in [9.17, 15) is 4.79 Å². The van der Waals surface area contributed by atoms with E-state index in [0.29, 0.717) is 0 Å². The maximum Gasteiger partial charge on any atom is 0.316 e. The van der Waals surface area contributed by atoms with Crippen LogP contribution in [0.15, 0.2) is 72.0 Å². The maximum atomic E-state index is 12.5. The van der Waals surface area contributed by atoms with Gasteiger partial charge in [-0.2, -0.15) is 0 Å². The average Bonchev–Trinajstić information content (AvgIpc) is 3.36. The lowest BCUT2D eigenvalue weighted by molar-refractivity contribution is -0.149. The van der Waals surface area contributed by atoms with E-state index in [2.05, 4.69) is 48.5 Å². The Morgan fingerprint density at radius 1 is 0.923 bits per heavy atom. The molecule has 0 aromatic heterocycles. The monoisotopic (exact) mass is 348 g/mol. The molecule has 2 aromatic carbocycles. The predicted octanol–water partition coefficient (Wildman–Crippen LogP) is 5.88. The molecule has 1 aliphatic carbocycles. The van der Waals surface area contributed by atoms with Gasteiger partial charge in [0.25, 0.3) is 0 Å². The number of carbonyl (C=O) groups is 1. The van der Waals surface area contributed by atoms with Crippen LogP contribution in [0.3, 0.4) is 0 Å². The van der Waals surface area contributed by atoms with Gasteiger partial charge in [-0.05, 0) is 57.7 Å². The van der Waals surface area contributed by atoms with E-state index in [1.54, 1.807) is 0 Å². The number of hydrogen-bond donors (Lipinski definition) is 0. The highest BCUT2D eigenvalue weighted by Crippen LogP contribution is 2.62. The molecule has 0 radical (unpaired) electrons. The fraction of sp³-hybridized carbons (Fsp3) is 0.375. The van der Waals surface area contributed by atoms with Crippen molar-refractivity contribution in [1.82, 2.24) is 0 Å². The third-order valence-electron chi connectivity index (χ3n) is 5.16. The van der Waals surface area contributed by atoms with Gasteiger partial charge in [-0.25, -0.2) is 0 Å². The van der Waals surface area contributed by atoms with Gasteiger partial charge in [0.2, 0.25) is 0 Å². The summed E-state index contributed by atoms with van der Waals surface area (Å²) in [6, 6.07) is 21.1. The van der Waals surface area contributed by atoms with E-state index in [1.807, 2.05) is 46.8 Å². The minimum Gasteiger partial charge on any atom is -0.430 e. The van der Waals surface area contributed by atoms with E-state index in [-0.39, 0.29) is 17.3 Å². The maximum absolute atomic E-state index is 12.5. The zero-order valence-corrected chi connectivity index (χ0v) is 16.4. The lowest BCUT2D eigenvalue weighted by Crippen LogP contribution is -2.24. The third kappa shape index (κ3) is 3.33. The zero-order valence-electron chi connectivity index (χ0n) is 16.4. The molecule has 0 unspecified atom stereocenters. The first-order valence-corrected chi connectivity index (χ1v) is 9.27. The van der Waals surface area contributed by atoms with Crippen molar-refractivity contribution in [2.24, 2.45) is 11.3 Å². The van der Waals surface area contributed by atoms with Crippen LogP contribution in [0.2, 0.25) is 0 Å². The van der Waals surface area contributed by atoms with Gasteiger partial charge in [0.05, 0.1) is 5.41 Å². The molecule has 0 N–H and O–H groups in total. The Kier molecular flexibility index (Phi) is 4.79. The molecule has 0 amide bonds.